The predicted octanol–water partition coefficient (Wildman–Crippen LogP) is 2.39. The number of hydrogen-bond acceptors (Lipinski definition) is 3. The van der Waals surface area contributed by atoms with E-state index in [0.29, 0.717) is 10.0 Å². The van der Waals surface area contributed by atoms with E-state index in [9.17, 15) is 0 Å². The van der Waals surface area contributed by atoms with Gasteiger partial charge in [0.15, 0.2) is 0 Å². The molecule has 3 nitrogen and oxygen atoms in total. The van der Waals surface area contributed by atoms with Crippen molar-refractivity contribution in [1.82, 2.24) is 5.32 Å². The van der Waals surface area contributed by atoms with E-state index in [0.717, 1.165) is 31.9 Å². The van der Waals surface area contributed by atoms with Gasteiger partial charge in [-0.3, -0.25) is 0 Å². The second-order valence-corrected chi connectivity index (χ2v) is 4.55. The molecular weight excluding hydrogens is 247 g/mol. The molecule has 0 bridgehead atoms. The van der Waals surface area contributed by atoms with Crippen molar-refractivity contribution in [3.05, 3.63) is 28.2 Å². The highest BCUT2D eigenvalue weighted by Crippen LogP contribution is 2.25. The van der Waals surface area contributed by atoms with Crippen LogP contribution in [0.1, 0.15) is 0 Å². The highest BCUT2D eigenvalue weighted by atomic mass is 35.5. The molecule has 0 amide bonds. The van der Waals surface area contributed by atoms with Crippen molar-refractivity contribution in [2.75, 3.05) is 31.6 Å². The number of anilines is 1. The van der Waals surface area contributed by atoms with E-state index in [1.807, 2.05) is 6.07 Å². The van der Waals surface area contributed by atoms with E-state index in [1.54, 1.807) is 12.1 Å². The van der Waals surface area contributed by atoms with Crippen LogP contribution in [0.3, 0.4) is 0 Å². The lowest BCUT2D eigenvalue weighted by atomic mass is 10.2. The minimum Gasteiger partial charge on any atom is -0.381 e. The molecule has 1 unspecified atom stereocenters. The summed E-state index contributed by atoms with van der Waals surface area (Å²) in [5, 5.41) is 7.86. The van der Waals surface area contributed by atoms with Crippen LogP contribution in [0.2, 0.25) is 10.0 Å². The maximum Gasteiger partial charge on any atom is 0.0872 e. The van der Waals surface area contributed by atoms with Crippen molar-refractivity contribution < 1.29 is 4.74 Å². The molecule has 1 heterocycles. The van der Waals surface area contributed by atoms with Crippen LogP contribution in [0.4, 0.5) is 5.69 Å². The summed E-state index contributed by atoms with van der Waals surface area (Å²) >= 11 is 11.9. The Hall–Kier alpha value is -0.480. The summed E-state index contributed by atoms with van der Waals surface area (Å²) in [5.74, 6) is 0. The van der Waals surface area contributed by atoms with Gasteiger partial charge in [-0.1, -0.05) is 23.2 Å². The first-order valence-corrected chi connectivity index (χ1v) is 6.02. The number of ether oxygens (including phenoxy) is 1. The Morgan fingerprint density at radius 2 is 2.31 bits per heavy atom. The largest absolute Gasteiger partial charge is 0.381 e. The molecule has 0 saturated carbocycles. The van der Waals surface area contributed by atoms with E-state index in [2.05, 4.69) is 10.6 Å². The van der Waals surface area contributed by atoms with Gasteiger partial charge < -0.3 is 15.4 Å². The number of rotatable bonds is 3. The Morgan fingerprint density at radius 3 is 3.06 bits per heavy atom. The Labute approximate surface area is 105 Å². The van der Waals surface area contributed by atoms with Crippen molar-refractivity contribution in [3.8, 4) is 0 Å². The minimum absolute atomic E-state index is 0.184. The highest BCUT2D eigenvalue weighted by molar-refractivity contribution is 6.35. The fraction of sp³-hybridized carbons (Fsp3) is 0.455. The van der Waals surface area contributed by atoms with Gasteiger partial charge in [0.05, 0.1) is 23.4 Å². The molecule has 1 aromatic rings. The van der Waals surface area contributed by atoms with E-state index in [-0.39, 0.29) is 6.10 Å². The molecule has 1 aliphatic heterocycles. The third-order valence-electron chi connectivity index (χ3n) is 2.45. The molecule has 5 heteroatoms. The quantitative estimate of drug-likeness (QED) is 0.876. The zero-order valence-electron chi connectivity index (χ0n) is 8.80. The van der Waals surface area contributed by atoms with Gasteiger partial charge in [-0.25, -0.2) is 0 Å². The van der Waals surface area contributed by atoms with E-state index >= 15 is 0 Å². The topological polar surface area (TPSA) is 33.3 Å². The van der Waals surface area contributed by atoms with Crippen LogP contribution in [0, 0.1) is 0 Å². The van der Waals surface area contributed by atoms with Crippen molar-refractivity contribution in [1.29, 1.82) is 0 Å². The summed E-state index contributed by atoms with van der Waals surface area (Å²) in [6, 6.07) is 5.38. The normalized spacial score (nSPS) is 20.8. The molecule has 1 saturated heterocycles. The monoisotopic (exact) mass is 260 g/mol. The molecule has 0 spiro atoms. The molecule has 1 aliphatic rings. The van der Waals surface area contributed by atoms with Crippen molar-refractivity contribution in [2.45, 2.75) is 6.10 Å². The molecular formula is C11H14Cl2N2O. The summed E-state index contributed by atoms with van der Waals surface area (Å²) < 4.78 is 5.57. The van der Waals surface area contributed by atoms with Crippen LogP contribution in [0.15, 0.2) is 18.2 Å². The highest BCUT2D eigenvalue weighted by Gasteiger charge is 2.13. The Balaban J connectivity index is 1.90. The average molecular weight is 261 g/mol. The Morgan fingerprint density at radius 1 is 1.44 bits per heavy atom. The van der Waals surface area contributed by atoms with Crippen LogP contribution in [-0.4, -0.2) is 32.3 Å². The van der Waals surface area contributed by atoms with Gasteiger partial charge in [0.2, 0.25) is 0 Å². The van der Waals surface area contributed by atoms with Gasteiger partial charge in [-0.05, 0) is 18.2 Å². The molecule has 2 rings (SSSR count). The van der Waals surface area contributed by atoms with Gasteiger partial charge in [-0.2, -0.15) is 0 Å². The lowest BCUT2D eigenvalue weighted by molar-refractivity contribution is 0.0372. The van der Waals surface area contributed by atoms with Crippen LogP contribution >= 0.6 is 23.2 Å². The van der Waals surface area contributed by atoms with Crippen LogP contribution in [-0.2, 0) is 4.74 Å². The molecule has 0 aliphatic carbocycles. The summed E-state index contributed by atoms with van der Waals surface area (Å²) in [4.78, 5) is 0. The van der Waals surface area contributed by atoms with Gasteiger partial charge in [0.25, 0.3) is 0 Å². The van der Waals surface area contributed by atoms with Gasteiger partial charge in [0.1, 0.15) is 0 Å². The number of nitrogens with one attached hydrogen (secondary N) is 2. The van der Waals surface area contributed by atoms with Crippen LogP contribution in [0.5, 0.6) is 0 Å². The molecule has 0 aromatic heterocycles. The van der Waals surface area contributed by atoms with E-state index in [1.165, 1.54) is 0 Å². The average Bonchev–Trinajstić information content (AvgIpc) is 2.32. The number of morpholine rings is 1. The third kappa shape index (κ3) is 3.25. The molecule has 0 radical (unpaired) electrons. The number of hydrogen-bond donors (Lipinski definition) is 2. The van der Waals surface area contributed by atoms with Gasteiger partial charge >= 0.3 is 0 Å². The summed E-state index contributed by atoms with van der Waals surface area (Å²) in [5.41, 5.74) is 0.850. The fourth-order valence-electron chi connectivity index (χ4n) is 1.61. The Bertz CT molecular complexity index is 354. The second-order valence-electron chi connectivity index (χ2n) is 3.70. The van der Waals surface area contributed by atoms with Crippen LogP contribution in [0.25, 0.3) is 0 Å². The zero-order chi connectivity index (χ0) is 11.4. The summed E-state index contributed by atoms with van der Waals surface area (Å²) in [6.45, 7) is 3.28. The van der Waals surface area contributed by atoms with Gasteiger partial charge in [0, 0.05) is 24.7 Å². The third-order valence-corrected chi connectivity index (χ3v) is 3.02. The maximum absolute atomic E-state index is 6.04. The van der Waals surface area contributed by atoms with Crippen LogP contribution < -0.4 is 10.6 Å². The number of halogens is 2. The number of benzene rings is 1. The molecule has 88 valence electrons. The van der Waals surface area contributed by atoms with Gasteiger partial charge in [-0.15, -0.1) is 0 Å². The first kappa shape index (κ1) is 12.0. The minimum atomic E-state index is 0.184. The second kappa shape index (κ2) is 5.73. The lowest BCUT2D eigenvalue weighted by Gasteiger charge is -2.24. The van der Waals surface area contributed by atoms with Crippen molar-refractivity contribution >= 4 is 28.9 Å². The molecule has 2 N–H and O–H groups in total. The van der Waals surface area contributed by atoms with E-state index < -0.39 is 0 Å². The zero-order valence-corrected chi connectivity index (χ0v) is 10.3. The molecule has 1 atom stereocenters. The summed E-state index contributed by atoms with van der Waals surface area (Å²) in [7, 11) is 0. The summed E-state index contributed by atoms with van der Waals surface area (Å²) in [6.07, 6.45) is 0.184. The maximum atomic E-state index is 6.04. The fourth-order valence-corrected chi connectivity index (χ4v) is 1.96. The first-order valence-electron chi connectivity index (χ1n) is 5.27. The lowest BCUT2D eigenvalue weighted by Crippen LogP contribution is -2.42. The SMILES string of the molecule is Clc1ccc(Cl)c(NCC2CNCCO2)c1. The predicted molar refractivity (Wildman–Crippen MR) is 67.6 cm³/mol. The first-order chi connectivity index (χ1) is 7.75. The molecule has 1 fully saturated rings. The molecule has 1 aromatic carbocycles. The van der Waals surface area contributed by atoms with Crippen molar-refractivity contribution in [2.24, 2.45) is 0 Å². The van der Waals surface area contributed by atoms with Crippen molar-refractivity contribution in [3.63, 3.8) is 0 Å². The standard InChI is InChI=1S/C11H14Cl2N2O/c12-8-1-2-10(13)11(5-8)15-7-9-6-14-3-4-16-9/h1-2,5,9,14-15H,3-4,6-7H2. The smallest absolute Gasteiger partial charge is 0.0872 e. The molecule has 16 heavy (non-hydrogen) atoms. The van der Waals surface area contributed by atoms with E-state index in [4.69, 9.17) is 27.9 Å². The Kier molecular flexibility index (Phi) is 4.29.